The van der Waals surface area contributed by atoms with E-state index in [1.807, 2.05) is 0 Å². The van der Waals surface area contributed by atoms with E-state index in [9.17, 15) is 5.11 Å². The quantitative estimate of drug-likeness (QED) is 0.626. The van der Waals surface area contributed by atoms with E-state index >= 15 is 0 Å². The third kappa shape index (κ3) is 1.73. The van der Waals surface area contributed by atoms with Crippen molar-refractivity contribution in [2.75, 3.05) is 0 Å². The van der Waals surface area contributed by atoms with Gasteiger partial charge in [0.2, 0.25) is 0 Å². The van der Waals surface area contributed by atoms with Gasteiger partial charge in [0.15, 0.2) is 0 Å². The van der Waals surface area contributed by atoms with E-state index in [4.69, 9.17) is 0 Å². The van der Waals surface area contributed by atoms with Gasteiger partial charge in [0, 0.05) is 0 Å². The molecular weight excluding hydrogens is 256 g/mol. The summed E-state index contributed by atoms with van der Waals surface area (Å²) in [7, 11) is 0. The summed E-state index contributed by atoms with van der Waals surface area (Å²) in [6.45, 7) is 9.62. The maximum Gasteiger partial charge on any atom is 0.0653 e. The molecule has 0 aromatic carbocycles. The van der Waals surface area contributed by atoms with E-state index in [2.05, 4.69) is 39.8 Å². The second-order valence-corrected chi connectivity index (χ2v) is 9.98. The van der Waals surface area contributed by atoms with Gasteiger partial charge in [-0.2, -0.15) is 0 Å². The number of allylic oxidation sites excluding steroid dienone is 2. The van der Waals surface area contributed by atoms with Crippen molar-refractivity contribution >= 4 is 0 Å². The van der Waals surface area contributed by atoms with Crippen molar-refractivity contribution in [2.45, 2.75) is 78.2 Å². The maximum absolute atomic E-state index is 10.9. The minimum absolute atomic E-state index is 0.366. The van der Waals surface area contributed by atoms with Crippen LogP contribution in [0.25, 0.3) is 0 Å². The molecule has 2 bridgehead atoms. The molecule has 4 rings (SSSR count). The lowest BCUT2D eigenvalue weighted by Gasteiger charge is -2.62. The molecule has 0 radical (unpaired) electrons. The van der Waals surface area contributed by atoms with Gasteiger partial charge in [0.25, 0.3) is 0 Å². The highest BCUT2D eigenvalue weighted by Gasteiger charge is 2.65. The summed E-state index contributed by atoms with van der Waals surface area (Å²) in [5.74, 6) is 2.19. The Kier molecular flexibility index (Phi) is 2.70. The predicted molar refractivity (Wildman–Crippen MR) is 86.9 cm³/mol. The SMILES string of the molecule is CC1(C)CC=C[C@@]2(C)[C@H]1CC[C@]13C[C@H](CC[C@@H]12)[C@@](C)(O)C3. The zero-order valence-electron chi connectivity index (χ0n) is 14.3. The number of fused-ring (bicyclic) bond motifs is 3. The van der Waals surface area contributed by atoms with Crippen LogP contribution < -0.4 is 0 Å². The van der Waals surface area contributed by atoms with E-state index < -0.39 is 5.60 Å². The van der Waals surface area contributed by atoms with E-state index in [1.165, 1.54) is 38.5 Å². The highest BCUT2D eigenvalue weighted by molar-refractivity contribution is 5.21. The summed E-state index contributed by atoms with van der Waals surface area (Å²) in [6.07, 6.45) is 14.0. The fraction of sp³-hybridized carbons (Fsp3) is 0.900. The first kappa shape index (κ1) is 14.3. The molecule has 0 aliphatic heterocycles. The number of rotatable bonds is 0. The van der Waals surface area contributed by atoms with Crippen LogP contribution in [0, 0.1) is 34.0 Å². The molecule has 0 unspecified atom stereocenters. The average molecular weight is 288 g/mol. The van der Waals surface area contributed by atoms with Crippen molar-refractivity contribution in [2.24, 2.45) is 34.0 Å². The molecule has 118 valence electrons. The third-order valence-corrected chi connectivity index (χ3v) is 8.28. The Morgan fingerprint density at radius 2 is 1.76 bits per heavy atom. The number of aliphatic hydroxyl groups is 1. The van der Waals surface area contributed by atoms with Crippen molar-refractivity contribution in [3.05, 3.63) is 12.2 Å². The van der Waals surface area contributed by atoms with Crippen LogP contribution in [0.5, 0.6) is 0 Å². The highest BCUT2D eigenvalue weighted by Crippen LogP contribution is 2.71. The first-order chi connectivity index (χ1) is 9.70. The molecule has 1 nitrogen and oxygen atoms in total. The van der Waals surface area contributed by atoms with Crippen LogP contribution in [0.1, 0.15) is 72.6 Å². The summed E-state index contributed by atoms with van der Waals surface area (Å²) < 4.78 is 0. The second-order valence-electron chi connectivity index (χ2n) is 9.98. The monoisotopic (exact) mass is 288 g/mol. The zero-order chi connectivity index (χ0) is 15.1. The Morgan fingerprint density at radius 3 is 2.52 bits per heavy atom. The average Bonchev–Trinajstić information content (AvgIpc) is 2.53. The molecule has 0 amide bonds. The molecule has 0 saturated heterocycles. The van der Waals surface area contributed by atoms with E-state index in [1.54, 1.807) is 0 Å². The molecule has 6 atom stereocenters. The molecule has 21 heavy (non-hydrogen) atoms. The van der Waals surface area contributed by atoms with Gasteiger partial charge in [-0.25, -0.2) is 0 Å². The largest absolute Gasteiger partial charge is 0.390 e. The van der Waals surface area contributed by atoms with Gasteiger partial charge < -0.3 is 5.11 Å². The van der Waals surface area contributed by atoms with Crippen molar-refractivity contribution in [1.82, 2.24) is 0 Å². The standard InChI is InChI=1S/C20H32O/c1-17(2)9-5-10-18(3)15(17)8-11-20-12-14(6-7-16(18)20)19(4,21)13-20/h5,10,14-16,21H,6-9,11-13H2,1-4H3/t14-,15-,16+,18-,19-,20+/m0/s1. The number of hydrogen-bond donors (Lipinski definition) is 1. The summed E-state index contributed by atoms with van der Waals surface area (Å²) in [6, 6.07) is 0. The summed E-state index contributed by atoms with van der Waals surface area (Å²) in [5.41, 5.74) is 0.857. The van der Waals surface area contributed by atoms with Crippen molar-refractivity contribution < 1.29 is 5.11 Å². The van der Waals surface area contributed by atoms with E-state index in [0.29, 0.717) is 22.2 Å². The summed E-state index contributed by atoms with van der Waals surface area (Å²) in [5, 5.41) is 10.9. The lowest BCUT2D eigenvalue weighted by atomic mass is 9.43. The summed E-state index contributed by atoms with van der Waals surface area (Å²) >= 11 is 0. The number of hydrogen-bond acceptors (Lipinski definition) is 1. The van der Waals surface area contributed by atoms with Gasteiger partial charge in [0.05, 0.1) is 5.60 Å². The van der Waals surface area contributed by atoms with Gasteiger partial charge >= 0.3 is 0 Å². The molecule has 0 aromatic rings. The minimum atomic E-state index is -0.397. The van der Waals surface area contributed by atoms with Crippen LogP contribution in [-0.2, 0) is 0 Å². The Morgan fingerprint density at radius 1 is 1.00 bits per heavy atom. The third-order valence-electron chi connectivity index (χ3n) is 8.28. The van der Waals surface area contributed by atoms with Crippen molar-refractivity contribution in [3.8, 4) is 0 Å². The van der Waals surface area contributed by atoms with Gasteiger partial charge in [-0.15, -0.1) is 0 Å². The molecule has 4 aliphatic rings. The Hall–Kier alpha value is -0.300. The lowest BCUT2D eigenvalue weighted by Crippen LogP contribution is -2.54. The lowest BCUT2D eigenvalue weighted by molar-refractivity contribution is -0.0988. The Bertz CT molecular complexity index is 488. The first-order valence-corrected chi connectivity index (χ1v) is 9.10. The minimum Gasteiger partial charge on any atom is -0.390 e. The predicted octanol–water partition coefficient (Wildman–Crippen LogP) is 4.95. The molecule has 4 aliphatic carbocycles. The van der Waals surface area contributed by atoms with Gasteiger partial charge in [-0.1, -0.05) is 32.9 Å². The Labute approximate surface area is 130 Å². The van der Waals surface area contributed by atoms with Crippen molar-refractivity contribution in [3.63, 3.8) is 0 Å². The molecule has 3 fully saturated rings. The van der Waals surface area contributed by atoms with E-state index in [0.717, 1.165) is 18.3 Å². The fourth-order valence-electron chi connectivity index (χ4n) is 7.54. The van der Waals surface area contributed by atoms with Crippen LogP contribution in [0.3, 0.4) is 0 Å². The van der Waals surface area contributed by atoms with Crippen LogP contribution in [0.15, 0.2) is 12.2 Å². The molecule has 1 N–H and O–H groups in total. The molecule has 1 heteroatoms. The van der Waals surface area contributed by atoms with Crippen LogP contribution in [-0.4, -0.2) is 10.7 Å². The Balaban J connectivity index is 1.77. The van der Waals surface area contributed by atoms with E-state index in [-0.39, 0.29) is 0 Å². The van der Waals surface area contributed by atoms with Crippen LogP contribution >= 0.6 is 0 Å². The van der Waals surface area contributed by atoms with Gasteiger partial charge in [0.1, 0.15) is 0 Å². The topological polar surface area (TPSA) is 20.2 Å². The molecule has 0 aromatic heterocycles. The molecule has 0 heterocycles. The molecule has 3 saturated carbocycles. The second kappa shape index (κ2) is 3.96. The van der Waals surface area contributed by atoms with Crippen LogP contribution in [0.4, 0.5) is 0 Å². The van der Waals surface area contributed by atoms with Gasteiger partial charge in [-0.05, 0) is 85.9 Å². The van der Waals surface area contributed by atoms with Gasteiger partial charge in [-0.3, -0.25) is 0 Å². The van der Waals surface area contributed by atoms with Crippen LogP contribution in [0.2, 0.25) is 0 Å². The molecular formula is C20H32O. The zero-order valence-corrected chi connectivity index (χ0v) is 14.3. The normalized spacial score (nSPS) is 57.7. The fourth-order valence-corrected chi connectivity index (χ4v) is 7.54. The highest BCUT2D eigenvalue weighted by atomic mass is 16.3. The van der Waals surface area contributed by atoms with Crippen molar-refractivity contribution in [1.29, 1.82) is 0 Å². The smallest absolute Gasteiger partial charge is 0.0653 e. The molecule has 1 spiro atoms. The first-order valence-electron chi connectivity index (χ1n) is 9.10. The summed E-state index contributed by atoms with van der Waals surface area (Å²) in [4.78, 5) is 0. The maximum atomic E-state index is 10.9.